The van der Waals surface area contributed by atoms with Gasteiger partial charge in [0.15, 0.2) is 0 Å². The van der Waals surface area contributed by atoms with Crippen molar-refractivity contribution in [3.8, 4) is 0 Å². The van der Waals surface area contributed by atoms with Crippen LogP contribution in [0.3, 0.4) is 0 Å². The molecular formula is C10H18N2. The van der Waals surface area contributed by atoms with E-state index in [1.54, 1.807) is 0 Å². The zero-order valence-corrected chi connectivity index (χ0v) is 8.17. The van der Waals surface area contributed by atoms with E-state index in [1.165, 1.54) is 12.8 Å². The lowest BCUT2D eigenvalue weighted by Crippen LogP contribution is -2.09. The maximum Gasteiger partial charge on any atom is 0.0524 e. The molecule has 1 fully saturated rings. The van der Waals surface area contributed by atoms with Crippen LogP contribution in [0.4, 0.5) is 0 Å². The molecule has 1 saturated carbocycles. The fraction of sp³-hybridized carbons (Fsp3) is 0.700. The van der Waals surface area contributed by atoms with Crippen molar-refractivity contribution in [1.29, 1.82) is 0 Å². The van der Waals surface area contributed by atoms with Gasteiger partial charge in [0.1, 0.15) is 0 Å². The second-order valence-electron chi connectivity index (χ2n) is 4.39. The highest BCUT2D eigenvalue weighted by atomic mass is 14.8. The van der Waals surface area contributed by atoms with Crippen molar-refractivity contribution in [3.63, 3.8) is 0 Å². The second kappa shape index (κ2) is 3.30. The zero-order chi connectivity index (χ0) is 9.19. The lowest BCUT2D eigenvalue weighted by Gasteiger charge is -2.09. The Labute approximate surface area is 74.6 Å². The molecule has 2 N–H and O–H groups in total. The van der Waals surface area contributed by atoms with Gasteiger partial charge in [-0.05, 0) is 45.6 Å². The van der Waals surface area contributed by atoms with E-state index in [0.29, 0.717) is 5.92 Å². The number of nitrogens with zero attached hydrogens (tertiary/aromatic N) is 1. The Hall–Kier alpha value is -0.790. The molecule has 2 nitrogen and oxygen atoms in total. The lowest BCUT2D eigenvalue weighted by molar-refractivity contribution is 0.587. The quantitative estimate of drug-likeness (QED) is 0.627. The van der Waals surface area contributed by atoms with Gasteiger partial charge in [0, 0.05) is 11.9 Å². The lowest BCUT2D eigenvalue weighted by atomic mass is 10.1. The van der Waals surface area contributed by atoms with Crippen LogP contribution in [-0.4, -0.2) is 11.8 Å². The van der Waals surface area contributed by atoms with E-state index < -0.39 is 0 Å². The first-order valence-electron chi connectivity index (χ1n) is 4.50. The molecule has 12 heavy (non-hydrogen) atoms. The Kier molecular flexibility index (Phi) is 2.55. The van der Waals surface area contributed by atoms with E-state index in [0.717, 1.165) is 5.70 Å². The molecule has 0 aromatic carbocycles. The topological polar surface area (TPSA) is 38.4 Å². The summed E-state index contributed by atoms with van der Waals surface area (Å²) >= 11 is 0. The summed E-state index contributed by atoms with van der Waals surface area (Å²) in [5.41, 5.74) is 6.78. The first-order chi connectivity index (χ1) is 5.49. The molecule has 0 spiro atoms. The van der Waals surface area contributed by atoms with E-state index >= 15 is 0 Å². The van der Waals surface area contributed by atoms with Crippen molar-refractivity contribution in [1.82, 2.24) is 0 Å². The number of allylic oxidation sites excluding steroid dienone is 2. The van der Waals surface area contributed by atoms with Crippen LogP contribution in [0.25, 0.3) is 0 Å². The molecular weight excluding hydrogens is 148 g/mol. The minimum Gasteiger partial charge on any atom is -0.402 e. The molecule has 1 rings (SSSR count). The predicted molar refractivity (Wildman–Crippen MR) is 53.2 cm³/mol. The standard InChI is InChI=1S/C10H18N2/c1-10(2,3)12-7-6-9(11)8-4-5-8/h6-8H,4-5,11H2,1-3H3. The second-order valence-corrected chi connectivity index (χ2v) is 4.39. The summed E-state index contributed by atoms with van der Waals surface area (Å²) in [7, 11) is 0. The summed E-state index contributed by atoms with van der Waals surface area (Å²) in [4.78, 5) is 4.33. The molecule has 0 unspecified atom stereocenters. The average Bonchev–Trinajstić information content (AvgIpc) is 2.64. The largest absolute Gasteiger partial charge is 0.402 e. The Morgan fingerprint density at radius 2 is 2.00 bits per heavy atom. The fourth-order valence-corrected chi connectivity index (χ4v) is 0.900. The minimum absolute atomic E-state index is 0.0142. The van der Waals surface area contributed by atoms with E-state index in [1.807, 2.05) is 12.3 Å². The molecule has 0 aromatic rings. The normalized spacial score (nSPS) is 20.4. The van der Waals surface area contributed by atoms with Crippen LogP contribution in [0.5, 0.6) is 0 Å². The molecule has 0 radical (unpaired) electrons. The van der Waals surface area contributed by atoms with Crippen LogP contribution in [0, 0.1) is 5.92 Å². The SMILES string of the molecule is CC(C)(C)N=CC=C(N)C1CC1. The summed E-state index contributed by atoms with van der Waals surface area (Å²) in [5.74, 6) is 0.649. The Bertz CT molecular complexity index is 204. The van der Waals surface area contributed by atoms with E-state index in [-0.39, 0.29) is 5.54 Å². The average molecular weight is 166 g/mol. The van der Waals surface area contributed by atoms with Gasteiger partial charge in [-0.15, -0.1) is 0 Å². The Morgan fingerprint density at radius 3 is 2.42 bits per heavy atom. The third-order valence-electron chi connectivity index (χ3n) is 1.78. The van der Waals surface area contributed by atoms with Crippen molar-refractivity contribution in [2.24, 2.45) is 16.6 Å². The molecule has 0 amide bonds. The molecule has 68 valence electrons. The first-order valence-corrected chi connectivity index (χ1v) is 4.50. The van der Waals surface area contributed by atoms with Crippen LogP contribution in [0.1, 0.15) is 33.6 Å². The van der Waals surface area contributed by atoms with Crippen LogP contribution >= 0.6 is 0 Å². The third kappa shape index (κ3) is 3.56. The highest BCUT2D eigenvalue weighted by Crippen LogP contribution is 2.33. The van der Waals surface area contributed by atoms with Gasteiger partial charge in [0.25, 0.3) is 0 Å². The van der Waals surface area contributed by atoms with Crippen molar-refractivity contribution in [2.75, 3.05) is 0 Å². The van der Waals surface area contributed by atoms with Crippen LogP contribution in [-0.2, 0) is 0 Å². The van der Waals surface area contributed by atoms with Gasteiger partial charge in [-0.1, -0.05) is 0 Å². The highest BCUT2D eigenvalue weighted by Gasteiger charge is 2.23. The number of rotatable bonds is 2. The summed E-state index contributed by atoms with van der Waals surface area (Å²) < 4.78 is 0. The van der Waals surface area contributed by atoms with Crippen LogP contribution < -0.4 is 5.73 Å². The van der Waals surface area contributed by atoms with Gasteiger partial charge in [-0.2, -0.15) is 0 Å². The summed E-state index contributed by atoms with van der Waals surface area (Å²) in [6.45, 7) is 6.22. The molecule has 0 aliphatic heterocycles. The van der Waals surface area contributed by atoms with Gasteiger partial charge in [-0.3, -0.25) is 4.99 Å². The van der Waals surface area contributed by atoms with Crippen LogP contribution in [0.2, 0.25) is 0 Å². The van der Waals surface area contributed by atoms with Crippen LogP contribution in [0.15, 0.2) is 16.8 Å². The molecule has 2 heteroatoms. The molecule has 0 saturated heterocycles. The van der Waals surface area contributed by atoms with Gasteiger partial charge in [0.05, 0.1) is 5.54 Å². The highest BCUT2D eigenvalue weighted by molar-refractivity contribution is 5.72. The van der Waals surface area contributed by atoms with Crippen molar-refractivity contribution in [2.45, 2.75) is 39.2 Å². The van der Waals surface area contributed by atoms with E-state index in [4.69, 9.17) is 5.73 Å². The van der Waals surface area contributed by atoms with Gasteiger partial charge in [-0.25, -0.2) is 0 Å². The Morgan fingerprint density at radius 1 is 1.42 bits per heavy atom. The van der Waals surface area contributed by atoms with E-state index in [9.17, 15) is 0 Å². The third-order valence-corrected chi connectivity index (χ3v) is 1.78. The molecule has 0 bridgehead atoms. The van der Waals surface area contributed by atoms with Crippen molar-refractivity contribution < 1.29 is 0 Å². The number of hydrogen-bond donors (Lipinski definition) is 1. The van der Waals surface area contributed by atoms with Gasteiger partial charge >= 0.3 is 0 Å². The van der Waals surface area contributed by atoms with Crippen molar-refractivity contribution in [3.05, 3.63) is 11.8 Å². The smallest absolute Gasteiger partial charge is 0.0524 e. The predicted octanol–water partition coefficient (Wildman–Crippen LogP) is 2.11. The molecule has 0 atom stereocenters. The van der Waals surface area contributed by atoms with Gasteiger partial charge in [0.2, 0.25) is 0 Å². The number of hydrogen-bond acceptors (Lipinski definition) is 2. The van der Waals surface area contributed by atoms with Crippen molar-refractivity contribution >= 4 is 6.21 Å². The maximum atomic E-state index is 5.78. The Balaban J connectivity index is 2.41. The zero-order valence-electron chi connectivity index (χ0n) is 8.17. The van der Waals surface area contributed by atoms with E-state index in [2.05, 4.69) is 25.8 Å². The number of aliphatic imine (C=N–C) groups is 1. The molecule has 1 aliphatic carbocycles. The molecule has 1 aliphatic rings. The summed E-state index contributed by atoms with van der Waals surface area (Å²) in [6.07, 6.45) is 6.27. The monoisotopic (exact) mass is 166 g/mol. The number of nitrogens with two attached hydrogens (primary N) is 1. The minimum atomic E-state index is 0.0142. The summed E-state index contributed by atoms with van der Waals surface area (Å²) in [5, 5.41) is 0. The fourth-order valence-electron chi connectivity index (χ4n) is 0.900. The maximum absolute atomic E-state index is 5.78. The molecule has 0 aromatic heterocycles. The first kappa shape index (κ1) is 9.30. The van der Waals surface area contributed by atoms with Gasteiger partial charge < -0.3 is 5.73 Å². The summed E-state index contributed by atoms with van der Waals surface area (Å²) in [6, 6.07) is 0. The molecule has 0 heterocycles.